The van der Waals surface area contributed by atoms with E-state index in [0.29, 0.717) is 32.8 Å². The van der Waals surface area contributed by atoms with Gasteiger partial charge in [0.25, 0.3) is 11.8 Å². The average molecular weight is 378 g/mol. The quantitative estimate of drug-likeness (QED) is 0.822. The van der Waals surface area contributed by atoms with Crippen molar-refractivity contribution < 1.29 is 14.3 Å². The van der Waals surface area contributed by atoms with Crippen molar-refractivity contribution in [1.82, 2.24) is 9.80 Å². The first-order valence-electron chi connectivity index (χ1n) is 10.0. The van der Waals surface area contributed by atoms with Gasteiger partial charge in [-0.1, -0.05) is 48.5 Å². The lowest BCUT2D eigenvalue weighted by atomic mass is 9.99. The Hall–Kier alpha value is -2.66. The van der Waals surface area contributed by atoms with Gasteiger partial charge in [-0.3, -0.25) is 9.59 Å². The van der Waals surface area contributed by atoms with Crippen LogP contribution in [0.15, 0.2) is 54.6 Å². The first kappa shape index (κ1) is 18.7. The molecule has 2 amide bonds. The number of ether oxygens (including phenoxy) is 1. The molecule has 146 valence electrons. The summed E-state index contributed by atoms with van der Waals surface area (Å²) in [6.07, 6.45) is 2.21. The van der Waals surface area contributed by atoms with E-state index in [1.807, 2.05) is 52.3 Å². The number of rotatable bonds is 4. The van der Waals surface area contributed by atoms with Crippen molar-refractivity contribution in [3.63, 3.8) is 0 Å². The maximum absolute atomic E-state index is 13.1. The molecule has 2 saturated heterocycles. The predicted molar refractivity (Wildman–Crippen MR) is 107 cm³/mol. The summed E-state index contributed by atoms with van der Waals surface area (Å²) in [6, 6.07) is 18.0. The fourth-order valence-corrected chi connectivity index (χ4v) is 3.98. The standard InChI is InChI=1S/C23H26N2O3/c26-22(20-10-5-4-9-19(20)17-18-7-2-1-3-8-18)24-12-14-25(15-13-24)23(27)21-11-6-16-28-21/h1-5,7-10,21H,6,11-17H2/t21-/m1/s1. The van der Waals surface area contributed by atoms with Gasteiger partial charge in [0.15, 0.2) is 0 Å². The molecule has 2 aliphatic heterocycles. The highest BCUT2D eigenvalue weighted by atomic mass is 16.5. The van der Waals surface area contributed by atoms with Gasteiger partial charge in [0.05, 0.1) is 0 Å². The molecule has 5 heteroatoms. The molecule has 0 aromatic heterocycles. The molecule has 28 heavy (non-hydrogen) atoms. The third-order valence-corrected chi connectivity index (χ3v) is 5.57. The summed E-state index contributed by atoms with van der Waals surface area (Å²) in [5.74, 6) is 0.129. The van der Waals surface area contributed by atoms with Gasteiger partial charge in [0.1, 0.15) is 6.10 Å². The molecule has 0 unspecified atom stereocenters. The third kappa shape index (κ3) is 4.09. The molecular weight excluding hydrogens is 352 g/mol. The molecule has 2 fully saturated rings. The Morgan fingerprint density at radius 1 is 0.893 bits per heavy atom. The van der Waals surface area contributed by atoms with Gasteiger partial charge in [-0.25, -0.2) is 0 Å². The number of nitrogens with zero attached hydrogens (tertiary/aromatic N) is 2. The first-order valence-corrected chi connectivity index (χ1v) is 10.0. The van der Waals surface area contributed by atoms with Crippen molar-refractivity contribution in [2.24, 2.45) is 0 Å². The maximum atomic E-state index is 13.1. The molecule has 2 aliphatic rings. The largest absolute Gasteiger partial charge is 0.368 e. The number of amides is 2. The normalized spacial score (nSPS) is 19.6. The summed E-state index contributed by atoms with van der Waals surface area (Å²) < 4.78 is 5.51. The first-order chi connectivity index (χ1) is 13.7. The number of hydrogen-bond acceptors (Lipinski definition) is 3. The summed E-state index contributed by atoms with van der Waals surface area (Å²) in [5.41, 5.74) is 2.98. The molecule has 0 radical (unpaired) electrons. The van der Waals surface area contributed by atoms with E-state index in [-0.39, 0.29) is 17.9 Å². The zero-order valence-corrected chi connectivity index (χ0v) is 16.0. The number of piperazine rings is 1. The lowest BCUT2D eigenvalue weighted by molar-refractivity contribution is -0.142. The maximum Gasteiger partial charge on any atom is 0.254 e. The highest BCUT2D eigenvalue weighted by molar-refractivity contribution is 5.96. The van der Waals surface area contributed by atoms with E-state index in [0.717, 1.165) is 30.4 Å². The van der Waals surface area contributed by atoms with E-state index < -0.39 is 0 Å². The molecule has 5 nitrogen and oxygen atoms in total. The van der Waals surface area contributed by atoms with Crippen LogP contribution in [0.1, 0.15) is 34.3 Å². The minimum absolute atomic E-state index is 0.0516. The molecule has 0 bridgehead atoms. The highest BCUT2D eigenvalue weighted by Crippen LogP contribution is 2.19. The van der Waals surface area contributed by atoms with Crippen LogP contribution in [0.25, 0.3) is 0 Å². The van der Waals surface area contributed by atoms with Crippen LogP contribution in [0, 0.1) is 0 Å². The summed E-state index contributed by atoms with van der Waals surface area (Å²) in [4.78, 5) is 29.4. The fourth-order valence-electron chi connectivity index (χ4n) is 3.98. The minimum atomic E-state index is -0.283. The zero-order valence-electron chi connectivity index (χ0n) is 16.0. The van der Waals surface area contributed by atoms with Crippen LogP contribution in [0.2, 0.25) is 0 Å². The second-order valence-corrected chi connectivity index (χ2v) is 7.44. The van der Waals surface area contributed by atoms with Gasteiger partial charge in [-0.2, -0.15) is 0 Å². The molecule has 2 heterocycles. The van der Waals surface area contributed by atoms with Crippen LogP contribution in [-0.4, -0.2) is 60.5 Å². The number of hydrogen-bond donors (Lipinski definition) is 0. The highest BCUT2D eigenvalue weighted by Gasteiger charge is 2.31. The van der Waals surface area contributed by atoms with Gasteiger partial charge in [-0.15, -0.1) is 0 Å². The summed E-state index contributed by atoms with van der Waals surface area (Å²) in [6.45, 7) is 2.96. The molecule has 1 atom stereocenters. The molecule has 4 rings (SSSR count). The summed E-state index contributed by atoms with van der Waals surface area (Å²) >= 11 is 0. The van der Waals surface area contributed by atoms with Gasteiger partial charge < -0.3 is 14.5 Å². The van der Waals surface area contributed by atoms with E-state index in [9.17, 15) is 9.59 Å². The molecular formula is C23H26N2O3. The Kier molecular flexibility index (Phi) is 5.72. The van der Waals surface area contributed by atoms with Gasteiger partial charge in [0.2, 0.25) is 0 Å². The SMILES string of the molecule is O=C(c1ccccc1Cc1ccccc1)N1CCN(C(=O)[C@H]2CCCO2)CC1. The average Bonchev–Trinajstić information content (AvgIpc) is 3.29. The van der Waals surface area contributed by atoms with Crippen molar-refractivity contribution in [2.75, 3.05) is 32.8 Å². The molecule has 2 aromatic rings. The van der Waals surface area contributed by atoms with Gasteiger partial charge in [0, 0.05) is 38.3 Å². The number of carbonyl (C=O) groups excluding carboxylic acids is 2. The van der Waals surface area contributed by atoms with Crippen molar-refractivity contribution >= 4 is 11.8 Å². The smallest absolute Gasteiger partial charge is 0.254 e. The second kappa shape index (κ2) is 8.57. The molecule has 0 aliphatic carbocycles. The van der Waals surface area contributed by atoms with Crippen molar-refractivity contribution in [3.8, 4) is 0 Å². The number of benzene rings is 2. The van der Waals surface area contributed by atoms with Crippen LogP contribution < -0.4 is 0 Å². The summed E-state index contributed by atoms with van der Waals surface area (Å²) in [7, 11) is 0. The van der Waals surface area contributed by atoms with Crippen molar-refractivity contribution in [3.05, 3.63) is 71.3 Å². The van der Waals surface area contributed by atoms with Crippen LogP contribution in [0.3, 0.4) is 0 Å². The van der Waals surface area contributed by atoms with E-state index in [4.69, 9.17) is 4.74 Å². The van der Waals surface area contributed by atoms with Crippen LogP contribution in [-0.2, 0) is 16.0 Å². The van der Waals surface area contributed by atoms with Gasteiger partial charge >= 0.3 is 0 Å². The van der Waals surface area contributed by atoms with E-state index in [1.54, 1.807) is 0 Å². The Bertz CT molecular complexity index is 823. The van der Waals surface area contributed by atoms with Crippen molar-refractivity contribution in [1.29, 1.82) is 0 Å². The molecule has 0 spiro atoms. The zero-order chi connectivity index (χ0) is 19.3. The van der Waals surface area contributed by atoms with Crippen LogP contribution >= 0.6 is 0 Å². The Labute approximate surface area is 165 Å². The third-order valence-electron chi connectivity index (χ3n) is 5.57. The fraction of sp³-hybridized carbons (Fsp3) is 0.391. The summed E-state index contributed by atoms with van der Waals surface area (Å²) in [5, 5.41) is 0. The van der Waals surface area contributed by atoms with Crippen molar-refractivity contribution in [2.45, 2.75) is 25.4 Å². The van der Waals surface area contributed by atoms with E-state index in [1.165, 1.54) is 5.56 Å². The van der Waals surface area contributed by atoms with Gasteiger partial charge in [-0.05, 0) is 36.5 Å². The lowest BCUT2D eigenvalue weighted by Crippen LogP contribution is -2.52. The second-order valence-electron chi connectivity index (χ2n) is 7.44. The van der Waals surface area contributed by atoms with E-state index in [2.05, 4.69) is 12.1 Å². The Morgan fingerprint density at radius 3 is 2.29 bits per heavy atom. The molecule has 2 aromatic carbocycles. The van der Waals surface area contributed by atoms with E-state index >= 15 is 0 Å². The lowest BCUT2D eigenvalue weighted by Gasteiger charge is -2.36. The predicted octanol–water partition coefficient (Wildman–Crippen LogP) is 2.74. The monoisotopic (exact) mass is 378 g/mol. The minimum Gasteiger partial charge on any atom is -0.368 e. The number of carbonyl (C=O) groups is 2. The Morgan fingerprint density at radius 2 is 1.57 bits per heavy atom. The Balaban J connectivity index is 1.41. The molecule has 0 saturated carbocycles. The molecule has 0 N–H and O–H groups in total. The van der Waals surface area contributed by atoms with Crippen LogP contribution in [0.4, 0.5) is 0 Å². The van der Waals surface area contributed by atoms with Crippen LogP contribution in [0.5, 0.6) is 0 Å². The topological polar surface area (TPSA) is 49.9 Å².